The van der Waals surface area contributed by atoms with Gasteiger partial charge < -0.3 is 5.32 Å². The topological polar surface area (TPSA) is 120 Å². The Bertz CT molecular complexity index is 1210. The largest absolute Gasteiger partial charge is 0.344 e. The summed E-state index contributed by atoms with van der Waals surface area (Å²) in [6.07, 6.45) is 2.91. The monoisotopic (exact) mass is 391 g/mol. The minimum Gasteiger partial charge on any atom is -0.344 e. The molecular formula is C19H17N7O3. The van der Waals surface area contributed by atoms with Gasteiger partial charge in [-0.2, -0.15) is 10.2 Å². The summed E-state index contributed by atoms with van der Waals surface area (Å²) in [6.45, 7) is 1.89. The summed E-state index contributed by atoms with van der Waals surface area (Å²) in [7, 11) is 1.60. The average Bonchev–Trinajstić information content (AvgIpc) is 3.31. The van der Waals surface area contributed by atoms with Crippen molar-refractivity contribution < 1.29 is 9.72 Å². The van der Waals surface area contributed by atoms with E-state index in [1.807, 2.05) is 37.3 Å². The van der Waals surface area contributed by atoms with Gasteiger partial charge in [-0.05, 0) is 18.6 Å². The van der Waals surface area contributed by atoms with Gasteiger partial charge in [0.05, 0.1) is 11.0 Å². The SMILES string of the molecule is C[C@H](NC(=O)c1cc2nc(-c3nn(C)cc3[N+](=O)[O-])ccn2n1)c1ccccc1. The Morgan fingerprint density at radius 2 is 1.97 bits per heavy atom. The molecular weight excluding hydrogens is 374 g/mol. The number of hydrogen-bond donors (Lipinski definition) is 1. The van der Waals surface area contributed by atoms with Crippen molar-refractivity contribution >= 4 is 17.2 Å². The molecule has 0 saturated carbocycles. The quantitative estimate of drug-likeness (QED) is 0.412. The number of rotatable bonds is 5. The van der Waals surface area contributed by atoms with Gasteiger partial charge in [0.15, 0.2) is 17.0 Å². The Kier molecular flexibility index (Phi) is 4.51. The Morgan fingerprint density at radius 1 is 1.21 bits per heavy atom. The van der Waals surface area contributed by atoms with E-state index in [1.54, 1.807) is 19.3 Å². The van der Waals surface area contributed by atoms with Crippen molar-refractivity contribution in [1.29, 1.82) is 0 Å². The molecule has 3 heterocycles. The van der Waals surface area contributed by atoms with E-state index in [0.29, 0.717) is 11.3 Å². The number of nitrogens with zero attached hydrogens (tertiary/aromatic N) is 6. The lowest BCUT2D eigenvalue weighted by Crippen LogP contribution is -2.27. The summed E-state index contributed by atoms with van der Waals surface area (Å²) >= 11 is 0. The predicted octanol–water partition coefficient (Wildman–Crippen LogP) is 2.53. The maximum absolute atomic E-state index is 12.6. The minimum absolute atomic E-state index is 0.140. The third-order valence-corrected chi connectivity index (χ3v) is 4.45. The van der Waals surface area contributed by atoms with E-state index >= 15 is 0 Å². The molecule has 146 valence electrons. The second-order valence-electron chi connectivity index (χ2n) is 6.54. The first-order chi connectivity index (χ1) is 13.9. The minimum atomic E-state index is -0.506. The van der Waals surface area contributed by atoms with Crippen LogP contribution in [0.5, 0.6) is 0 Å². The Labute approximate surface area is 165 Å². The molecule has 0 fully saturated rings. The molecule has 0 radical (unpaired) electrons. The highest BCUT2D eigenvalue weighted by Gasteiger charge is 2.22. The zero-order valence-electron chi connectivity index (χ0n) is 15.7. The molecule has 1 amide bonds. The van der Waals surface area contributed by atoms with E-state index in [1.165, 1.54) is 21.5 Å². The maximum Gasteiger partial charge on any atom is 0.316 e. The zero-order valence-corrected chi connectivity index (χ0v) is 15.7. The lowest BCUT2D eigenvalue weighted by Gasteiger charge is -2.12. The van der Waals surface area contributed by atoms with Crippen LogP contribution in [0.1, 0.15) is 29.0 Å². The highest BCUT2D eigenvalue weighted by Crippen LogP contribution is 2.26. The molecule has 10 heteroatoms. The van der Waals surface area contributed by atoms with Gasteiger partial charge in [-0.15, -0.1) is 0 Å². The molecule has 1 aromatic carbocycles. The van der Waals surface area contributed by atoms with E-state index in [9.17, 15) is 14.9 Å². The van der Waals surface area contributed by atoms with Crippen LogP contribution in [0, 0.1) is 10.1 Å². The number of carbonyl (C=O) groups excluding carboxylic acids is 1. The van der Waals surface area contributed by atoms with Crippen molar-refractivity contribution in [2.75, 3.05) is 0 Å². The third-order valence-electron chi connectivity index (χ3n) is 4.45. The predicted molar refractivity (Wildman–Crippen MR) is 104 cm³/mol. The Balaban J connectivity index is 1.62. The van der Waals surface area contributed by atoms with Crippen LogP contribution < -0.4 is 5.32 Å². The van der Waals surface area contributed by atoms with Gasteiger partial charge in [-0.25, -0.2) is 9.50 Å². The van der Waals surface area contributed by atoms with Crippen molar-refractivity contribution in [2.24, 2.45) is 7.05 Å². The van der Waals surface area contributed by atoms with Gasteiger partial charge in [-0.1, -0.05) is 30.3 Å². The number of nitro groups is 1. The molecule has 4 aromatic rings. The number of aromatic nitrogens is 5. The number of hydrogen-bond acceptors (Lipinski definition) is 6. The van der Waals surface area contributed by atoms with Crippen LogP contribution in [0.25, 0.3) is 17.0 Å². The molecule has 1 N–H and O–H groups in total. The van der Waals surface area contributed by atoms with E-state index in [4.69, 9.17) is 0 Å². The summed E-state index contributed by atoms with van der Waals surface area (Å²) in [5, 5.41) is 22.5. The fraction of sp³-hybridized carbons (Fsp3) is 0.158. The number of amides is 1. The first-order valence-electron chi connectivity index (χ1n) is 8.83. The number of benzene rings is 1. The third kappa shape index (κ3) is 3.55. The van der Waals surface area contributed by atoms with Gasteiger partial charge in [0.1, 0.15) is 11.9 Å². The van der Waals surface area contributed by atoms with E-state index in [-0.39, 0.29) is 29.0 Å². The Morgan fingerprint density at radius 3 is 2.69 bits per heavy atom. The van der Waals surface area contributed by atoms with Crippen molar-refractivity contribution in [3.8, 4) is 11.4 Å². The van der Waals surface area contributed by atoms with Crippen molar-refractivity contribution in [3.05, 3.63) is 76.2 Å². The number of fused-ring (bicyclic) bond motifs is 1. The molecule has 10 nitrogen and oxygen atoms in total. The van der Waals surface area contributed by atoms with Crippen LogP contribution in [0.2, 0.25) is 0 Å². The first-order valence-corrected chi connectivity index (χ1v) is 8.83. The standard InChI is InChI=1S/C19H17N7O3/c1-12(13-6-4-3-5-7-13)20-19(27)15-10-17-21-14(8-9-25(17)22-15)18-16(26(28)29)11-24(2)23-18/h3-12H,1-2H3,(H,20,27)/t12-/m0/s1. The molecule has 0 aliphatic carbocycles. The normalized spacial score (nSPS) is 12.1. The lowest BCUT2D eigenvalue weighted by atomic mass is 10.1. The molecule has 0 aliphatic rings. The summed E-state index contributed by atoms with van der Waals surface area (Å²) in [6, 6.07) is 12.5. The van der Waals surface area contributed by atoms with Crippen LogP contribution >= 0.6 is 0 Å². The molecule has 29 heavy (non-hydrogen) atoms. The number of carbonyl (C=O) groups is 1. The van der Waals surface area contributed by atoms with Gasteiger partial charge >= 0.3 is 5.69 Å². The van der Waals surface area contributed by atoms with Gasteiger partial charge in [0, 0.05) is 19.3 Å². The van der Waals surface area contributed by atoms with Crippen LogP contribution in [0.4, 0.5) is 5.69 Å². The molecule has 0 saturated heterocycles. The van der Waals surface area contributed by atoms with Gasteiger partial charge in [0.2, 0.25) is 0 Å². The second kappa shape index (κ2) is 7.15. The molecule has 0 bridgehead atoms. The van der Waals surface area contributed by atoms with Crippen LogP contribution in [0.15, 0.2) is 54.9 Å². The fourth-order valence-corrected chi connectivity index (χ4v) is 3.01. The van der Waals surface area contributed by atoms with Crippen molar-refractivity contribution in [1.82, 2.24) is 29.7 Å². The second-order valence-corrected chi connectivity index (χ2v) is 6.54. The summed E-state index contributed by atoms with van der Waals surface area (Å²) in [5.74, 6) is -0.336. The van der Waals surface area contributed by atoms with E-state index in [2.05, 4.69) is 20.5 Å². The number of aryl methyl sites for hydroxylation is 1. The molecule has 0 spiro atoms. The molecule has 0 aliphatic heterocycles. The van der Waals surface area contributed by atoms with E-state index in [0.717, 1.165) is 5.56 Å². The van der Waals surface area contributed by atoms with Crippen LogP contribution in [-0.2, 0) is 7.05 Å². The Hall–Kier alpha value is -4.08. The fourth-order valence-electron chi connectivity index (χ4n) is 3.01. The van der Waals surface area contributed by atoms with Gasteiger partial charge in [0.25, 0.3) is 5.91 Å². The highest BCUT2D eigenvalue weighted by atomic mass is 16.6. The summed E-state index contributed by atoms with van der Waals surface area (Å²) < 4.78 is 2.81. The van der Waals surface area contributed by atoms with Crippen molar-refractivity contribution in [3.63, 3.8) is 0 Å². The van der Waals surface area contributed by atoms with Crippen molar-refractivity contribution in [2.45, 2.75) is 13.0 Å². The van der Waals surface area contributed by atoms with Crippen LogP contribution in [0.3, 0.4) is 0 Å². The lowest BCUT2D eigenvalue weighted by molar-refractivity contribution is -0.384. The molecule has 0 unspecified atom stereocenters. The smallest absolute Gasteiger partial charge is 0.316 e. The first kappa shape index (κ1) is 18.3. The van der Waals surface area contributed by atoms with Gasteiger partial charge in [-0.3, -0.25) is 19.6 Å². The molecule has 1 atom stereocenters. The average molecular weight is 391 g/mol. The van der Waals surface area contributed by atoms with Crippen LogP contribution in [-0.4, -0.2) is 35.2 Å². The summed E-state index contributed by atoms with van der Waals surface area (Å²) in [4.78, 5) is 27.7. The zero-order chi connectivity index (χ0) is 20.5. The molecule has 4 rings (SSSR count). The van der Waals surface area contributed by atoms with E-state index < -0.39 is 4.92 Å². The highest BCUT2D eigenvalue weighted by molar-refractivity contribution is 5.93. The number of nitrogens with one attached hydrogen (secondary N) is 1. The molecule has 3 aromatic heterocycles. The maximum atomic E-state index is 12.6. The summed E-state index contributed by atoms with van der Waals surface area (Å²) in [5.41, 5.74) is 1.91.